The molecule has 0 spiro atoms. The Morgan fingerprint density at radius 1 is 0.736 bits per heavy atom. The first-order chi connectivity index (χ1) is 26.1. The molecular weight excluding hydrogens is 649 g/mol. The van der Waals surface area contributed by atoms with Gasteiger partial charge in [0, 0.05) is 43.9 Å². The van der Waals surface area contributed by atoms with Gasteiger partial charge in [-0.1, -0.05) is 122 Å². The van der Waals surface area contributed by atoms with E-state index in [1.54, 1.807) is 0 Å². The van der Waals surface area contributed by atoms with E-state index in [0.717, 1.165) is 73.0 Å². The van der Waals surface area contributed by atoms with Crippen LogP contribution in [0.5, 0.6) is 0 Å². The molecule has 0 saturated carbocycles. The molecule has 1 aliphatic carbocycles. The van der Waals surface area contributed by atoms with Crippen molar-refractivity contribution in [2.45, 2.75) is 19.5 Å². The number of nitrogens with zero attached hydrogens (tertiary/aromatic N) is 3. The highest BCUT2D eigenvalue weighted by Gasteiger charge is 2.36. The van der Waals surface area contributed by atoms with Gasteiger partial charge in [-0.15, -0.1) is 0 Å². The number of rotatable bonds is 5. The second-order valence-electron chi connectivity index (χ2n) is 14.2. The molecule has 3 heterocycles. The maximum Gasteiger partial charge on any atom is 0.160 e. The summed E-state index contributed by atoms with van der Waals surface area (Å²) in [4.78, 5) is 5.31. The standard InChI is InChI=1S/C48H34N4O/c1-48(47-50-41(33-14-6-3-7-15-33)29-42(51-47)35-16-10-11-31(27-35)30-49)25-23-36(24-26-48)52-43-22-19-34(32-12-4-2-5-13-32)28-40(43)38-20-21-39-37-17-8-9-18-44(37)53-46(39)45(38)52/h2-25,27-29,47,50H,26H2,1H3. The Bertz CT molecular complexity index is 2920. The summed E-state index contributed by atoms with van der Waals surface area (Å²) < 4.78 is 9.06. The van der Waals surface area contributed by atoms with Crippen LogP contribution in [0.4, 0.5) is 0 Å². The average molecular weight is 683 g/mol. The number of aliphatic imine (C=N–C) groups is 1. The zero-order chi connectivity index (χ0) is 35.5. The van der Waals surface area contributed by atoms with Gasteiger partial charge >= 0.3 is 0 Å². The van der Waals surface area contributed by atoms with Gasteiger partial charge in [-0.3, -0.25) is 4.99 Å². The molecule has 2 unspecified atom stereocenters. The van der Waals surface area contributed by atoms with Gasteiger partial charge in [-0.25, -0.2) is 0 Å². The molecule has 2 aliphatic rings. The number of allylic oxidation sites excluding steroid dienone is 4. The Morgan fingerprint density at radius 3 is 2.28 bits per heavy atom. The molecule has 1 aliphatic heterocycles. The van der Waals surface area contributed by atoms with Crippen molar-refractivity contribution in [2.75, 3.05) is 0 Å². The van der Waals surface area contributed by atoms with Crippen molar-refractivity contribution in [1.82, 2.24) is 9.88 Å². The van der Waals surface area contributed by atoms with Gasteiger partial charge in [0.2, 0.25) is 0 Å². The lowest BCUT2D eigenvalue weighted by molar-refractivity contribution is 0.315. The number of nitrogens with one attached hydrogen (secondary N) is 1. The van der Waals surface area contributed by atoms with Crippen molar-refractivity contribution in [1.29, 1.82) is 5.26 Å². The largest absolute Gasteiger partial charge is 0.454 e. The van der Waals surface area contributed by atoms with Gasteiger partial charge in [-0.2, -0.15) is 5.26 Å². The number of hydrogen-bond acceptors (Lipinski definition) is 4. The summed E-state index contributed by atoms with van der Waals surface area (Å²) >= 11 is 0. The first-order valence-corrected chi connectivity index (χ1v) is 18.0. The molecule has 0 saturated heterocycles. The Hall–Kier alpha value is -6.90. The number of benzene rings is 6. The molecule has 2 aromatic heterocycles. The lowest BCUT2D eigenvalue weighted by Crippen LogP contribution is -2.43. The second kappa shape index (κ2) is 12.1. The zero-order valence-corrected chi connectivity index (χ0v) is 29.1. The summed E-state index contributed by atoms with van der Waals surface area (Å²) in [6.07, 6.45) is 9.52. The van der Waals surface area contributed by atoms with E-state index in [2.05, 4.69) is 144 Å². The molecule has 10 rings (SSSR count). The Labute approximate surface area is 307 Å². The van der Waals surface area contributed by atoms with E-state index >= 15 is 0 Å². The fraction of sp³-hybridized carbons (Fsp3) is 0.0833. The lowest BCUT2D eigenvalue weighted by atomic mass is 9.79. The van der Waals surface area contributed by atoms with E-state index < -0.39 is 0 Å². The number of aromatic nitrogens is 1. The number of nitriles is 1. The van der Waals surface area contributed by atoms with E-state index in [4.69, 9.17) is 9.41 Å². The first-order valence-electron chi connectivity index (χ1n) is 18.0. The van der Waals surface area contributed by atoms with Gasteiger partial charge in [0.15, 0.2) is 5.58 Å². The van der Waals surface area contributed by atoms with Crippen LogP contribution in [0.2, 0.25) is 0 Å². The van der Waals surface area contributed by atoms with Crippen LogP contribution < -0.4 is 5.32 Å². The summed E-state index contributed by atoms with van der Waals surface area (Å²) in [6, 6.07) is 50.5. The number of furan rings is 1. The SMILES string of the molecule is CC1(C2N=C(c3cccc(C#N)c3)C=C(c3ccccc3)N2)C=CC(n2c3ccc(-c4ccccc4)cc3c3ccc4c5ccccc5oc4c32)=CC1. The number of para-hydroxylation sites is 1. The molecule has 53 heavy (non-hydrogen) atoms. The van der Waals surface area contributed by atoms with E-state index in [1.807, 2.05) is 42.5 Å². The smallest absolute Gasteiger partial charge is 0.160 e. The third-order valence-electron chi connectivity index (χ3n) is 10.9. The van der Waals surface area contributed by atoms with Gasteiger partial charge in [-0.05, 0) is 71.7 Å². The molecule has 5 nitrogen and oxygen atoms in total. The second-order valence-corrected chi connectivity index (χ2v) is 14.2. The molecule has 0 bridgehead atoms. The fourth-order valence-electron chi connectivity index (χ4n) is 8.00. The van der Waals surface area contributed by atoms with E-state index in [-0.39, 0.29) is 11.6 Å². The molecule has 0 amide bonds. The highest BCUT2D eigenvalue weighted by atomic mass is 16.3. The maximum absolute atomic E-state index is 9.64. The molecule has 2 atom stereocenters. The highest BCUT2D eigenvalue weighted by Crippen LogP contribution is 2.44. The van der Waals surface area contributed by atoms with Crippen LogP contribution in [0.3, 0.4) is 0 Å². The van der Waals surface area contributed by atoms with Gasteiger partial charge in [0.25, 0.3) is 0 Å². The molecule has 0 fully saturated rings. The summed E-state index contributed by atoms with van der Waals surface area (Å²) in [5.41, 5.74) is 11.6. The summed E-state index contributed by atoms with van der Waals surface area (Å²) in [5.74, 6) is 0. The van der Waals surface area contributed by atoms with Gasteiger partial charge in [0.1, 0.15) is 11.7 Å². The fourth-order valence-corrected chi connectivity index (χ4v) is 8.00. The average Bonchev–Trinajstić information content (AvgIpc) is 3.77. The monoisotopic (exact) mass is 682 g/mol. The summed E-state index contributed by atoms with van der Waals surface area (Å²) in [5, 5.41) is 18.0. The van der Waals surface area contributed by atoms with Crippen LogP contribution in [-0.2, 0) is 0 Å². The van der Waals surface area contributed by atoms with Crippen LogP contribution in [0.15, 0.2) is 173 Å². The Kier molecular flexibility index (Phi) is 7.06. The van der Waals surface area contributed by atoms with E-state index in [0.29, 0.717) is 5.56 Å². The zero-order valence-electron chi connectivity index (χ0n) is 29.1. The molecule has 6 aromatic carbocycles. The van der Waals surface area contributed by atoms with Crippen LogP contribution in [-0.4, -0.2) is 16.4 Å². The Balaban J connectivity index is 1.10. The minimum absolute atomic E-state index is 0.244. The van der Waals surface area contributed by atoms with Crippen molar-refractivity contribution in [3.05, 3.63) is 181 Å². The predicted octanol–water partition coefficient (Wildman–Crippen LogP) is 11.5. The minimum atomic E-state index is -0.343. The van der Waals surface area contributed by atoms with E-state index in [9.17, 15) is 5.26 Å². The van der Waals surface area contributed by atoms with Crippen LogP contribution in [0.25, 0.3) is 66.3 Å². The third kappa shape index (κ3) is 5.11. The molecule has 8 aromatic rings. The minimum Gasteiger partial charge on any atom is -0.454 e. The Morgan fingerprint density at radius 2 is 1.49 bits per heavy atom. The van der Waals surface area contributed by atoms with Crippen LogP contribution in [0, 0.1) is 16.7 Å². The molecule has 1 N–H and O–H groups in total. The molecule has 5 heteroatoms. The molecular formula is C48H34N4O. The maximum atomic E-state index is 9.64. The highest BCUT2D eigenvalue weighted by molar-refractivity contribution is 6.22. The number of fused-ring (bicyclic) bond motifs is 7. The summed E-state index contributed by atoms with van der Waals surface area (Å²) in [6.45, 7) is 2.27. The topological polar surface area (TPSA) is 66.2 Å². The molecule has 252 valence electrons. The third-order valence-corrected chi connectivity index (χ3v) is 10.9. The van der Waals surface area contributed by atoms with Crippen LogP contribution in [0.1, 0.15) is 30.0 Å². The normalized spacial score (nSPS) is 18.5. The van der Waals surface area contributed by atoms with Crippen LogP contribution >= 0.6 is 0 Å². The first kappa shape index (κ1) is 30.9. The summed E-state index contributed by atoms with van der Waals surface area (Å²) in [7, 11) is 0. The quantitative estimate of drug-likeness (QED) is 0.196. The van der Waals surface area contributed by atoms with Crippen molar-refractivity contribution in [3.63, 3.8) is 0 Å². The van der Waals surface area contributed by atoms with Gasteiger partial charge in [0.05, 0.1) is 28.4 Å². The van der Waals surface area contributed by atoms with Crippen molar-refractivity contribution in [3.8, 4) is 17.2 Å². The predicted molar refractivity (Wildman–Crippen MR) is 217 cm³/mol. The van der Waals surface area contributed by atoms with Gasteiger partial charge < -0.3 is 14.3 Å². The number of hydrogen-bond donors (Lipinski definition) is 1. The van der Waals surface area contributed by atoms with Crippen molar-refractivity contribution in [2.24, 2.45) is 10.4 Å². The van der Waals surface area contributed by atoms with Crippen molar-refractivity contribution < 1.29 is 4.42 Å². The molecule has 0 radical (unpaired) electrons. The van der Waals surface area contributed by atoms with E-state index in [1.165, 1.54) is 16.5 Å². The van der Waals surface area contributed by atoms with Crippen molar-refractivity contribution >= 4 is 60.9 Å². The lowest BCUT2D eigenvalue weighted by Gasteiger charge is -2.38.